The molecule has 2 unspecified atom stereocenters. The van der Waals surface area contributed by atoms with E-state index in [0.29, 0.717) is 6.42 Å². The third-order valence-electron chi connectivity index (χ3n) is 6.53. The zero-order valence-electron chi connectivity index (χ0n) is 23.0. The first-order valence-corrected chi connectivity index (χ1v) is 13.7. The molecular formula is C29H39N3O4S. The van der Waals surface area contributed by atoms with Gasteiger partial charge in [0.15, 0.2) is 11.6 Å². The van der Waals surface area contributed by atoms with E-state index in [1.165, 1.54) is 4.90 Å². The van der Waals surface area contributed by atoms with Gasteiger partial charge in [0.2, 0.25) is 11.8 Å². The number of Topliss-reactive ketones (excluding diaryl/α,β-unsaturated/α-hetero) is 2. The first-order valence-electron chi connectivity index (χ1n) is 12.8. The van der Waals surface area contributed by atoms with Gasteiger partial charge < -0.3 is 10.2 Å². The van der Waals surface area contributed by atoms with E-state index in [1.54, 1.807) is 11.3 Å². The van der Waals surface area contributed by atoms with Crippen molar-refractivity contribution in [1.29, 1.82) is 0 Å². The van der Waals surface area contributed by atoms with Crippen molar-refractivity contribution >= 4 is 34.7 Å². The van der Waals surface area contributed by atoms with Gasteiger partial charge in [-0.15, -0.1) is 11.3 Å². The van der Waals surface area contributed by atoms with Crippen molar-refractivity contribution in [2.75, 3.05) is 6.54 Å². The predicted octanol–water partition coefficient (Wildman–Crippen LogP) is 4.76. The topological polar surface area (TPSA) is 96.4 Å². The van der Waals surface area contributed by atoms with Crippen LogP contribution in [0.4, 0.5) is 0 Å². The summed E-state index contributed by atoms with van der Waals surface area (Å²) >= 11 is 1.60. The summed E-state index contributed by atoms with van der Waals surface area (Å²) < 4.78 is 0. The number of ketones is 2. The normalized spacial score (nSPS) is 17.1. The second-order valence-corrected chi connectivity index (χ2v) is 13.1. The number of amides is 2. The van der Waals surface area contributed by atoms with E-state index < -0.39 is 17.5 Å². The molecule has 200 valence electrons. The minimum absolute atomic E-state index is 0.0287. The standard InChI is InChI=1S/C29H39N3O4S/c1-18-25(37-17-30-18)20-11-8-19(9-12-20)10-13-23(34)22-14-21(33)16-32(22)27(36)26(29(5,6)7)31-24(35)15-28(2,3)4/h8-9,11-12,17,22,26H,10,13-16H2,1-7H3,(H,31,35). The zero-order valence-corrected chi connectivity index (χ0v) is 23.8. The van der Waals surface area contributed by atoms with Crippen LogP contribution in [0.1, 0.15) is 72.1 Å². The van der Waals surface area contributed by atoms with Crippen molar-refractivity contribution in [2.45, 2.75) is 86.2 Å². The van der Waals surface area contributed by atoms with Crippen molar-refractivity contribution < 1.29 is 19.2 Å². The number of benzene rings is 1. The number of hydrogen-bond acceptors (Lipinski definition) is 6. The molecule has 2 heterocycles. The minimum Gasteiger partial charge on any atom is -0.344 e. The highest BCUT2D eigenvalue weighted by Gasteiger charge is 2.44. The van der Waals surface area contributed by atoms with Gasteiger partial charge in [-0.1, -0.05) is 65.8 Å². The maximum Gasteiger partial charge on any atom is 0.246 e. The molecule has 1 saturated heterocycles. The molecule has 1 N–H and O–H groups in total. The average Bonchev–Trinajstić information content (AvgIpc) is 3.39. The Morgan fingerprint density at radius 3 is 2.30 bits per heavy atom. The molecule has 8 heteroatoms. The number of carbonyl (C=O) groups is 4. The lowest BCUT2D eigenvalue weighted by Crippen LogP contribution is -2.57. The molecule has 2 atom stereocenters. The van der Waals surface area contributed by atoms with E-state index in [0.717, 1.165) is 21.7 Å². The van der Waals surface area contributed by atoms with Crippen LogP contribution in [0.5, 0.6) is 0 Å². The molecule has 3 rings (SSSR count). The summed E-state index contributed by atoms with van der Waals surface area (Å²) in [4.78, 5) is 58.7. The van der Waals surface area contributed by atoms with E-state index in [1.807, 2.05) is 78.2 Å². The molecule has 0 spiro atoms. The van der Waals surface area contributed by atoms with Gasteiger partial charge in [0.25, 0.3) is 0 Å². The first kappa shape index (κ1) is 28.7. The Morgan fingerprint density at radius 2 is 1.76 bits per heavy atom. The molecule has 1 aliphatic heterocycles. The number of likely N-dealkylation sites (tertiary alicyclic amines) is 1. The Balaban J connectivity index is 1.68. The van der Waals surface area contributed by atoms with E-state index in [4.69, 9.17) is 0 Å². The summed E-state index contributed by atoms with van der Waals surface area (Å²) in [5.74, 6) is -0.853. The van der Waals surface area contributed by atoms with Gasteiger partial charge in [0.1, 0.15) is 6.04 Å². The third kappa shape index (κ3) is 7.57. The molecule has 0 aliphatic carbocycles. The van der Waals surface area contributed by atoms with Gasteiger partial charge in [0, 0.05) is 19.3 Å². The third-order valence-corrected chi connectivity index (χ3v) is 7.51. The number of aryl methyl sites for hydroxylation is 2. The fourth-order valence-electron chi connectivity index (χ4n) is 4.55. The number of thiazole rings is 1. The number of aromatic nitrogens is 1. The van der Waals surface area contributed by atoms with Crippen LogP contribution in [0.3, 0.4) is 0 Å². The van der Waals surface area contributed by atoms with Crippen LogP contribution in [0, 0.1) is 17.8 Å². The monoisotopic (exact) mass is 525 g/mol. The molecule has 1 aromatic carbocycles. The molecule has 0 bridgehead atoms. The Morgan fingerprint density at radius 1 is 1.11 bits per heavy atom. The molecule has 7 nitrogen and oxygen atoms in total. The lowest BCUT2D eigenvalue weighted by molar-refractivity contribution is -0.143. The molecular weight excluding hydrogens is 486 g/mol. The summed E-state index contributed by atoms with van der Waals surface area (Å²) in [5.41, 5.74) is 4.12. The summed E-state index contributed by atoms with van der Waals surface area (Å²) in [6, 6.07) is 6.46. The zero-order chi connectivity index (χ0) is 27.5. The largest absolute Gasteiger partial charge is 0.344 e. The van der Waals surface area contributed by atoms with Crippen LogP contribution >= 0.6 is 11.3 Å². The number of nitrogens with one attached hydrogen (secondary N) is 1. The molecule has 2 aromatic rings. The van der Waals surface area contributed by atoms with Crippen LogP contribution in [-0.2, 0) is 25.6 Å². The van der Waals surface area contributed by atoms with Crippen LogP contribution in [0.25, 0.3) is 10.4 Å². The van der Waals surface area contributed by atoms with Gasteiger partial charge in [0.05, 0.1) is 28.7 Å². The van der Waals surface area contributed by atoms with Gasteiger partial charge in [-0.2, -0.15) is 0 Å². The summed E-state index contributed by atoms with van der Waals surface area (Å²) in [6.45, 7) is 13.4. The summed E-state index contributed by atoms with van der Waals surface area (Å²) in [6.07, 6.45) is 1.06. The van der Waals surface area contributed by atoms with Crippen LogP contribution in [0.15, 0.2) is 29.8 Å². The first-order chi connectivity index (χ1) is 17.2. The van der Waals surface area contributed by atoms with Crippen molar-refractivity contribution in [1.82, 2.24) is 15.2 Å². The maximum absolute atomic E-state index is 13.6. The number of carbonyl (C=O) groups excluding carboxylic acids is 4. The van der Waals surface area contributed by atoms with Crippen molar-refractivity contribution in [3.8, 4) is 10.4 Å². The number of hydrogen-bond donors (Lipinski definition) is 1. The summed E-state index contributed by atoms with van der Waals surface area (Å²) in [5, 5.41) is 2.89. The van der Waals surface area contributed by atoms with Crippen LogP contribution in [-0.4, -0.2) is 51.9 Å². The van der Waals surface area contributed by atoms with Crippen molar-refractivity contribution in [2.24, 2.45) is 10.8 Å². The van der Waals surface area contributed by atoms with Crippen molar-refractivity contribution in [3.63, 3.8) is 0 Å². The predicted molar refractivity (Wildman–Crippen MR) is 146 cm³/mol. The smallest absolute Gasteiger partial charge is 0.246 e. The fraction of sp³-hybridized carbons (Fsp3) is 0.552. The van der Waals surface area contributed by atoms with Gasteiger partial charge in [-0.05, 0) is 35.3 Å². The Hall–Kier alpha value is -2.87. The minimum atomic E-state index is -0.828. The van der Waals surface area contributed by atoms with Gasteiger partial charge in [-0.3, -0.25) is 19.2 Å². The Labute approximate surface area is 224 Å². The highest BCUT2D eigenvalue weighted by molar-refractivity contribution is 7.13. The number of nitrogens with zero attached hydrogens (tertiary/aromatic N) is 2. The van der Waals surface area contributed by atoms with Gasteiger partial charge in [-0.25, -0.2) is 4.98 Å². The maximum atomic E-state index is 13.6. The second kappa shape index (κ2) is 11.3. The lowest BCUT2D eigenvalue weighted by Gasteiger charge is -2.35. The van der Waals surface area contributed by atoms with Crippen LogP contribution < -0.4 is 5.32 Å². The highest BCUT2D eigenvalue weighted by Crippen LogP contribution is 2.29. The lowest BCUT2D eigenvalue weighted by atomic mass is 9.84. The van der Waals surface area contributed by atoms with E-state index in [-0.39, 0.29) is 54.6 Å². The van der Waals surface area contributed by atoms with E-state index in [2.05, 4.69) is 10.3 Å². The molecule has 1 aliphatic rings. The molecule has 0 saturated carbocycles. The molecule has 1 aromatic heterocycles. The Kier molecular flexibility index (Phi) is 8.73. The molecule has 2 amide bonds. The van der Waals surface area contributed by atoms with Gasteiger partial charge >= 0.3 is 0 Å². The van der Waals surface area contributed by atoms with Crippen LogP contribution in [0.2, 0.25) is 0 Å². The van der Waals surface area contributed by atoms with Crippen molar-refractivity contribution in [3.05, 3.63) is 41.0 Å². The van der Waals surface area contributed by atoms with E-state index >= 15 is 0 Å². The second-order valence-electron chi connectivity index (χ2n) is 12.3. The average molecular weight is 526 g/mol. The van der Waals surface area contributed by atoms with E-state index in [9.17, 15) is 19.2 Å². The molecule has 37 heavy (non-hydrogen) atoms. The Bertz CT molecular complexity index is 1160. The summed E-state index contributed by atoms with van der Waals surface area (Å²) in [7, 11) is 0. The molecule has 0 radical (unpaired) electrons. The SMILES string of the molecule is Cc1ncsc1-c1ccc(CCC(=O)C2CC(=O)CN2C(=O)C(NC(=O)CC(C)(C)C)C(C)(C)C)cc1. The fourth-order valence-corrected chi connectivity index (χ4v) is 5.37. The number of rotatable bonds is 8. The quantitative estimate of drug-likeness (QED) is 0.536. The molecule has 1 fully saturated rings. The highest BCUT2D eigenvalue weighted by atomic mass is 32.1.